The van der Waals surface area contributed by atoms with Gasteiger partial charge in [-0.05, 0) is 47.1 Å². The van der Waals surface area contributed by atoms with E-state index in [2.05, 4.69) is 32.2 Å². The van der Waals surface area contributed by atoms with Gasteiger partial charge in [0.05, 0.1) is 6.10 Å². The molecule has 39 heavy (non-hydrogen) atoms. The van der Waals surface area contributed by atoms with E-state index in [0.29, 0.717) is 6.42 Å². The summed E-state index contributed by atoms with van der Waals surface area (Å²) in [6.07, 6.45) is 9.57. The van der Waals surface area contributed by atoms with E-state index in [1.165, 1.54) is 38.5 Å². The summed E-state index contributed by atoms with van der Waals surface area (Å²) in [6, 6.07) is 22.1. The van der Waals surface area contributed by atoms with Crippen LogP contribution >= 0.6 is 0 Å². The highest BCUT2D eigenvalue weighted by Gasteiger charge is 2.29. The second kappa shape index (κ2) is 12.0. The van der Waals surface area contributed by atoms with Crippen molar-refractivity contribution in [2.75, 3.05) is 5.32 Å². The summed E-state index contributed by atoms with van der Waals surface area (Å²) >= 11 is 0. The lowest BCUT2D eigenvalue weighted by atomic mass is 9.83. The molecular weight excluding hydrogens is 482 g/mol. The lowest BCUT2D eigenvalue weighted by Crippen LogP contribution is -2.22. The van der Waals surface area contributed by atoms with Gasteiger partial charge in [-0.25, -0.2) is 0 Å². The Morgan fingerprint density at radius 2 is 1.59 bits per heavy atom. The maximum atomic E-state index is 13.6. The average Bonchev–Trinajstić information content (AvgIpc) is 2.93. The summed E-state index contributed by atoms with van der Waals surface area (Å²) in [5.74, 6) is 2.31. The molecule has 4 heteroatoms. The van der Waals surface area contributed by atoms with Crippen molar-refractivity contribution in [2.45, 2.75) is 96.0 Å². The predicted molar refractivity (Wildman–Crippen MR) is 159 cm³/mol. The third kappa shape index (κ3) is 6.55. The zero-order chi connectivity index (χ0) is 27.4. The van der Waals surface area contributed by atoms with E-state index in [0.717, 1.165) is 58.2 Å². The summed E-state index contributed by atoms with van der Waals surface area (Å²) in [5.41, 5.74) is 4.66. The molecule has 3 aromatic rings. The topological polar surface area (TPSA) is 58.6 Å². The van der Waals surface area contributed by atoms with Crippen LogP contribution in [0.3, 0.4) is 0 Å². The lowest BCUT2D eigenvalue weighted by Gasteiger charge is -2.28. The van der Waals surface area contributed by atoms with Crippen LogP contribution < -0.4 is 10.1 Å². The quantitative estimate of drug-likeness (QED) is 0.308. The number of aliphatic hydroxyl groups is 1. The molecule has 1 heterocycles. The van der Waals surface area contributed by atoms with Gasteiger partial charge < -0.3 is 15.2 Å². The molecule has 1 atom stereocenters. The molecule has 4 nitrogen and oxygen atoms in total. The van der Waals surface area contributed by atoms with Gasteiger partial charge in [-0.3, -0.25) is 4.79 Å². The third-order valence-corrected chi connectivity index (χ3v) is 8.52. The monoisotopic (exact) mass is 525 g/mol. The Balaban J connectivity index is 1.32. The van der Waals surface area contributed by atoms with Crippen molar-refractivity contribution >= 4 is 11.6 Å². The minimum absolute atomic E-state index is 0.0408. The van der Waals surface area contributed by atoms with Crippen LogP contribution in [-0.4, -0.2) is 11.0 Å². The summed E-state index contributed by atoms with van der Waals surface area (Å²) in [5, 5.41) is 14.3. The minimum atomic E-state index is -0.521. The van der Waals surface area contributed by atoms with E-state index in [1.807, 2.05) is 60.7 Å². The van der Waals surface area contributed by atoms with Gasteiger partial charge in [0.1, 0.15) is 11.5 Å². The second-order valence-corrected chi connectivity index (χ2v) is 12.5. The molecule has 5 rings (SSSR count). The van der Waals surface area contributed by atoms with Gasteiger partial charge in [-0.2, -0.15) is 0 Å². The van der Waals surface area contributed by atoms with Crippen molar-refractivity contribution < 1.29 is 14.6 Å². The Hall–Kier alpha value is -3.11. The Morgan fingerprint density at radius 1 is 0.949 bits per heavy atom. The highest BCUT2D eigenvalue weighted by Crippen LogP contribution is 2.45. The van der Waals surface area contributed by atoms with Gasteiger partial charge in [0.25, 0.3) is 0 Å². The number of fused-ring (bicyclic) bond motifs is 2. The maximum absolute atomic E-state index is 13.6. The van der Waals surface area contributed by atoms with Gasteiger partial charge in [0, 0.05) is 29.2 Å². The van der Waals surface area contributed by atoms with Crippen molar-refractivity contribution in [3.63, 3.8) is 0 Å². The maximum Gasteiger partial charge on any atom is 0.225 e. The molecule has 1 saturated carbocycles. The van der Waals surface area contributed by atoms with Gasteiger partial charge in [0.15, 0.2) is 0 Å². The number of ether oxygens (including phenoxy) is 1. The van der Waals surface area contributed by atoms with E-state index in [9.17, 15) is 9.90 Å². The van der Waals surface area contributed by atoms with E-state index in [1.54, 1.807) is 0 Å². The molecular formula is C35H43NO3. The van der Waals surface area contributed by atoms with Crippen LogP contribution in [0.2, 0.25) is 0 Å². The van der Waals surface area contributed by atoms with E-state index in [4.69, 9.17) is 4.74 Å². The first-order chi connectivity index (χ1) is 18.8. The fourth-order valence-electron chi connectivity index (χ4n) is 6.38. The molecule has 3 aromatic carbocycles. The third-order valence-electron chi connectivity index (χ3n) is 8.52. The number of carbonyl (C=O) groups excluding carboxylic acids is 1. The number of hydrogen-bond acceptors (Lipinski definition) is 3. The lowest BCUT2D eigenvalue weighted by molar-refractivity contribution is -0.116. The van der Waals surface area contributed by atoms with Crippen molar-refractivity contribution in [1.29, 1.82) is 0 Å². The summed E-state index contributed by atoms with van der Waals surface area (Å²) in [7, 11) is 0. The first-order valence-corrected chi connectivity index (χ1v) is 14.8. The Bertz CT molecular complexity index is 1240. The molecule has 0 bridgehead atoms. The highest BCUT2D eigenvalue weighted by molar-refractivity contribution is 5.93. The molecule has 1 unspecified atom stereocenters. The van der Waals surface area contributed by atoms with E-state index < -0.39 is 6.10 Å². The molecule has 1 fully saturated rings. The largest absolute Gasteiger partial charge is 0.457 e. The Labute approximate surface area is 233 Å². The van der Waals surface area contributed by atoms with Gasteiger partial charge >= 0.3 is 0 Å². The summed E-state index contributed by atoms with van der Waals surface area (Å²) in [6.45, 7) is 6.47. The number of hydrogen-bond donors (Lipinski definition) is 2. The van der Waals surface area contributed by atoms with Crippen LogP contribution in [0.25, 0.3) is 0 Å². The fourth-order valence-corrected chi connectivity index (χ4v) is 6.38. The van der Waals surface area contributed by atoms with Crippen molar-refractivity contribution in [2.24, 2.45) is 5.92 Å². The number of carbonyl (C=O) groups is 1. The van der Waals surface area contributed by atoms with Crippen LogP contribution in [0, 0.1) is 5.92 Å². The first kappa shape index (κ1) is 27.5. The molecule has 0 radical (unpaired) electrons. The zero-order valence-electron chi connectivity index (χ0n) is 23.7. The number of benzene rings is 3. The van der Waals surface area contributed by atoms with Crippen molar-refractivity contribution in [3.8, 4) is 11.5 Å². The Morgan fingerprint density at radius 3 is 2.23 bits per heavy atom. The molecule has 1 amide bonds. The van der Waals surface area contributed by atoms with E-state index >= 15 is 0 Å². The van der Waals surface area contributed by atoms with Crippen LogP contribution in [0.1, 0.15) is 113 Å². The molecule has 1 aliphatic heterocycles. The van der Waals surface area contributed by atoms with Crippen molar-refractivity contribution in [3.05, 3.63) is 89.0 Å². The van der Waals surface area contributed by atoms with Crippen LogP contribution in [0.4, 0.5) is 5.69 Å². The molecule has 1 aliphatic carbocycles. The molecule has 0 saturated heterocycles. The number of rotatable bonds is 8. The van der Waals surface area contributed by atoms with Gasteiger partial charge in [0.2, 0.25) is 5.91 Å². The molecule has 2 aliphatic rings. The zero-order valence-corrected chi connectivity index (χ0v) is 23.7. The van der Waals surface area contributed by atoms with Gasteiger partial charge in [-0.1, -0.05) is 114 Å². The van der Waals surface area contributed by atoms with Crippen LogP contribution in [-0.2, 0) is 10.2 Å². The van der Waals surface area contributed by atoms with E-state index in [-0.39, 0.29) is 17.2 Å². The fraction of sp³-hybridized carbons (Fsp3) is 0.457. The summed E-state index contributed by atoms with van der Waals surface area (Å²) in [4.78, 5) is 13.6. The molecule has 206 valence electrons. The molecule has 0 spiro atoms. The first-order valence-electron chi connectivity index (χ1n) is 14.8. The number of para-hydroxylation sites is 2. The van der Waals surface area contributed by atoms with Crippen LogP contribution in [0.5, 0.6) is 11.5 Å². The number of amides is 1. The second-order valence-electron chi connectivity index (χ2n) is 12.5. The van der Waals surface area contributed by atoms with Crippen LogP contribution in [0.15, 0.2) is 66.7 Å². The SMILES string of the molecule is CC(C)(C)c1ccc(C(O)CCCC2CCCCC2)cc1NC(=O)CC1c2ccccc2Oc2ccccc21. The van der Waals surface area contributed by atoms with Crippen molar-refractivity contribution in [1.82, 2.24) is 0 Å². The predicted octanol–water partition coefficient (Wildman–Crippen LogP) is 9.03. The smallest absolute Gasteiger partial charge is 0.225 e. The van der Waals surface area contributed by atoms with Gasteiger partial charge in [-0.15, -0.1) is 0 Å². The molecule has 0 aromatic heterocycles. The minimum Gasteiger partial charge on any atom is -0.457 e. The normalized spacial score (nSPS) is 16.6. The number of anilines is 1. The number of aliphatic hydroxyl groups excluding tert-OH is 1. The highest BCUT2D eigenvalue weighted by atomic mass is 16.5. The summed E-state index contributed by atoms with van der Waals surface area (Å²) < 4.78 is 6.12. The average molecular weight is 526 g/mol. The standard InChI is InChI=1S/C35H43NO3/c1-35(2,3)29-21-20-25(31(37)17-11-14-24-12-5-4-6-13-24)22-30(29)36-34(38)23-28-26-15-7-9-18-32(26)39-33-19-10-8-16-27(28)33/h7-10,15-16,18-22,24,28,31,37H,4-6,11-14,17,23H2,1-3H3,(H,36,38). The Kier molecular flexibility index (Phi) is 8.42. The molecule has 2 N–H and O–H groups in total. The number of nitrogens with one attached hydrogen (secondary N) is 1.